The Kier molecular flexibility index (Phi) is 3.17. The van der Waals surface area contributed by atoms with Gasteiger partial charge in [0.05, 0.1) is 6.61 Å². The second-order valence-corrected chi connectivity index (χ2v) is 2.54. The van der Waals surface area contributed by atoms with E-state index in [0.29, 0.717) is 12.2 Å². The van der Waals surface area contributed by atoms with Crippen LogP contribution in [0.25, 0.3) is 0 Å². The summed E-state index contributed by atoms with van der Waals surface area (Å²) in [5, 5.41) is 29.7. The lowest BCUT2D eigenvalue weighted by Crippen LogP contribution is -2.06. The summed E-state index contributed by atoms with van der Waals surface area (Å²) in [4.78, 5) is 0. The first-order valence-electron chi connectivity index (χ1n) is 4.06. The van der Waals surface area contributed by atoms with Gasteiger partial charge in [0.25, 0.3) is 5.90 Å². The van der Waals surface area contributed by atoms with E-state index in [1.165, 1.54) is 18.2 Å². The van der Waals surface area contributed by atoms with E-state index >= 15 is 0 Å². The van der Waals surface area contributed by atoms with Gasteiger partial charge in [-0.05, 0) is 30.3 Å². The van der Waals surface area contributed by atoms with Gasteiger partial charge in [-0.15, -0.1) is 0 Å². The van der Waals surface area contributed by atoms with Crippen molar-refractivity contribution in [3.05, 3.63) is 23.8 Å². The molecule has 0 aliphatic heterocycles. The molecule has 3 N–H and O–H groups in total. The van der Waals surface area contributed by atoms with Gasteiger partial charge >= 0.3 is 0 Å². The molecule has 0 fully saturated rings. The van der Waals surface area contributed by atoms with E-state index in [2.05, 4.69) is 5.16 Å². The molecule has 0 spiro atoms. The highest BCUT2D eigenvalue weighted by molar-refractivity contribution is 5.94. The average Bonchev–Trinajstić information content (AvgIpc) is 2.19. The molecule has 1 aromatic carbocycles. The van der Waals surface area contributed by atoms with Crippen molar-refractivity contribution in [2.75, 3.05) is 6.61 Å². The maximum absolute atomic E-state index is 9.17. The zero-order valence-corrected chi connectivity index (χ0v) is 7.64. The van der Waals surface area contributed by atoms with Gasteiger partial charge in [0.1, 0.15) is 0 Å². The molecule has 0 bridgehead atoms. The average molecular weight is 197 g/mol. The molecule has 0 aromatic heterocycles. The highest BCUT2D eigenvalue weighted by Gasteiger charge is 2.07. The van der Waals surface area contributed by atoms with Crippen LogP contribution in [0.1, 0.15) is 12.5 Å². The van der Waals surface area contributed by atoms with Crippen LogP contribution in [0.15, 0.2) is 23.4 Å². The minimum Gasteiger partial charge on any atom is -0.504 e. The Morgan fingerprint density at radius 1 is 1.36 bits per heavy atom. The molecular formula is C9H11NO4. The molecule has 0 unspecified atom stereocenters. The smallest absolute Gasteiger partial charge is 0.257 e. The molecule has 0 radical (unpaired) electrons. The third kappa shape index (κ3) is 2.07. The van der Waals surface area contributed by atoms with Gasteiger partial charge in [-0.3, -0.25) is 0 Å². The Labute approximate surface area is 80.9 Å². The number of hydrogen-bond donors (Lipinski definition) is 3. The van der Waals surface area contributed by atoms with Crippen molar-refractivity contribution in [1.29, 1.82) is 0 Å². The van der Waals surface area contributed by atoms with Crippen LogP contribution in [0.4, 0.5) is 0 Å². The largest absolute Gasteiger partial charge is 0.504 e. The van der Waals surface area contributed by atoms with Gasteiger partial charge in [0.15, 0.2) is 11.5 Å². The van der Waals surface area contributed by atoms with Crippen LogP contribution in [0.2, 0.25) is 0 Å². The van der Waals surface area contributed by atoms with Crippen molar-refractivity contribution in [1.82, 2.24) is 0 Å². The predicted octanol–water partition coefficient (Wildman–Crippen LogP) is 1.27. The molecule has 0 saturated carbocycles. The molecule has 1 rings (SSSR count). The lowest BCUT2D eigenvalue weighted by molar-refractivity contribution is 0.266. The van der Waals surface area contributed by atoms with Gasteiger partial charge in [-0.25, -0.2) is 0 Å². The van der Waals surface area contributed by atoms with E-state index in [0.717, 1.165) is 0 Å². The first-order valence-corrected chi connectivity index (χ1v) is 4.06. The van der Waals surface area contributed by atoms with Crippen LogP contribution < -0.4 is 0 Å². The summed E-state index contributed by atoms with van der Waals surface area (Å²) < 4.78 is 4.98. The van der Waals surface area contributed by atoms with E-state index in [1.807, 2.05) is 0 Å². The lowest BCUT2D eigenvalue weighted by atomic mass is 10.2. The van der Waals surface area contributed by atoms with Crippen LogP contribution in [-0.2, 0) is 4.74 Å². The normalized spacial score (nSPS) is 11.4. The van der Waals surface area contributed by atoms with Crippen molar-refractivity contribution in [2.45, 2.75) is 6.92 Å². The maximum Gasteiger partial charge on any atom is 0.257 e. The highest BCUT2D eigenvalue weighted by Crippen LogP contribution is 2.25. The molecule has 14 heavy (non-hydrogen) atoms. The third-order valence-corrected chi connectivity index (χ3v) is 1.59. The Balaban J connectivity index is 3.00. The van der Waals surface area contributed by atoms with Gasteiger partial charge < -0.3 is 20.2 Å². The van der Waals surface area contributed by atoms with Gasteiger partial charge in [0.2, 0.25) is 0 Å². The highest BCUT2D eigenvalue weighted by atomic mass is 16.5. The van der Waals surface area contributed by atoms with E-state index in [-0.39, 0.29) is 17.4 Å². The number of phenolic OH excluding ortho intramolecular Hbond substituents is 2. The van der Waals surface area contributed by atoms with Crippen LogP contribution in [0.3, 0.4) is 0 Å². The number of hydrogen-bond acceptors (Lipinski definition) is 5. The van der Waals surface area contributed by atoms with E-state index in [4.69, 9.17) is 15.1 Å². The van der Waals surface area contributed by atoms with Crippen molar-refractivity contribution in [2.24, 2.45) is 5.16 Å². The standard InChI is InChI=1S/C9H11NO4/c1-2-14-9(10-13)6-3-4-7(11)8(12)5-6/h3-5,11-13H,2H2,1H3/b10-9+. The summed E-state index contributed by atoms with van der Waals surface area (Å²) in [5.41, 5.74) is 0.393. The second-order valence-electron chi connectivity index (χ2n) is 2.54. The summed E-state index contributed by atoms with van der Waals surface area (Å²) in [6.07, 6.45) is 0. The minimum atomic E-state index is -0.289. The Morgan fingerprint density at radius 2 is 2.07 bits per heavy atom. The molecule has 0 heterocycles. The van der Waals surface area contributed by atoms with Crippen LogP contribution in [-0.4, -0.2) is 27.9 Å². The number of benzene rings is 1. The van der Waals surface area contributed by atoms with Gasteiger partial charge in [-0.1, -0.05) is 0 Å². The molecule has 0 amide bonds. The van der Waals surface area contributed by atoms with Crippen molar-refractivity contribution in [3.63, 3.8) is 0 Å². The molecule has 76 valence electrons. The third-order valence-electron chi connectivity index (χ3n) is 1.59. The molecule has 0 atom stereocenters. The molecule has 0 aliphatic carbocycles. The Bertz CT molecular complexity index is 349. The topological polar surface area (TPSA) is 82.3 Å². The fraction of sp³-hybridized carbons (Fsp3) is 0.222. The maximum atomic E-state index is 9.17. The number of nitrogens with zero attached hydrogens (tertiary/aromatic N) is 1. The van der Waals surface area contributed by atoms with Crippen LogP contribution in [0.5, 0.6) is 11.5 Å². The molecule has 1 aromatic rings. The van der Waals surface area contributed by atoms with E-state index in [1.54, 1.807) is 6.92 Å². The van der Waals surface area contributed by atoms with Gasteiger partial charge in [0, 0.05) is 5.56 Å². The summed E-state index contributed by atoms with van der Waals surface area (Å²) in [6, 6.07) is 4.01. The number of ether oxygens (including phenoxy) is 1. The quantitative estimate of drug-likeness (QED) is 0.219. The minimum absolute atomic E-state index is 0.00259. The SMILES string of the molecule is CCO/C(=N/O)c1ccc(O)c(O)c1. The number of oxime groups is 1. The fourth-order valence-electron chi connectivity index (χ4n) is 0.963. The van der Waals surface area contributed by atoms with Crippen LogP contribution >= 0.6 is 0 Å². The summed E-state index contributed by atoms with van der Waals surface area (Å²) >= 11 is 0. The molecule has 0 saturated heterocycles. The van der Waals surface area contributed by atoms with Crippen LogP contribution in [0, 0.1) is 0 Å². The van der Waals surface area contributed by atoms with Crippen molar-refractivity contribution >= 4 is 5.90 Å². The first kappa shape index (κ1) is 10.2. The Hall–Kier alpha value is -1.91. The molecule has 5 heteroatoms. The van der Waals surface area contributed by atoms with E-state index in [9.17, 15) is 5.11 Å². The molecule has 0 aliphatic rings. The lowest BCUT2D eigenvalue weighted by Gasteiger charge is -2.05. The first-order chi connectivity index (χ1) is 6.69. The summed E-state index contributed by atoms with van der Waals surface area (Å²) in [5.74, 6) is -0.520. The number of phenols is 2. The number of aromatic hydroxyl groups is 2. The fourth-order valence-corrected chi connectivity index (χ4v) is 0.963. The van der Waals surface area contributed by atoms with Gasteiger partial charge in [-0.2, -0.15) is 0 Å². The number of rotatable bonds is 2. The molecule has 5 nitrogen and oxygen atoms in total. The van der Waals surface area contributed by atoms with Crippen molar-refractivity contribution in [3.8, 4) is 11.5 Å². The van der Waals surface area contributed by atoms with Crippen molar-refractivity contribution < 1.29 is 20.2 Å². The summed E-state index contributed by atoms with van der Waals surface area (Å²) in [6.45, 7) is 2.09. The van der Waals surface area contributed by atoms with E-state index < -0.39 is 0 Å². The summed E-state index contributed by atoms with van der Waals surface area (Å²) in [7, 11) is 0. The zero-order chi connectivity index (χ0) is 10.6. The Morgan fingerprint density at radius 3 is 2.57 bits per heavy atom. The zero-order valence-electron chi connectivity index (χ0n) is 7.64. The molecular weight excluding hydrogens is 186 g/mol. The monoisotopic (exact) mass is 197 g/mol. The predicted molar refractivity (Wildman–Crippen MR) is 49.7 cm³/mol. The second kappa shape index (κ2) is 4.36.